The van der Waals surface area contributed by atoms with Gasteiger partial charge >= 0.3 is 6.18 Å². The molecular weight excluding hydrogens is 380 g/mol. The van der Waals surface area contributed by atoms with Crippen LogP contribution in [0.25, 0.3) is 5.69 Å². The lowest BCUT2D eigenvalue weighted by Gasteiger charge is -2.12. The maximum atomic E-state index is 12.8. The molecule has 5 nitrogen and oxygen atoms in total. The van der Waals surface area contributed by atoms with E-state index in [1.54, 1.807) is 0 Å². The van der Waals surface area contributed by atoms with E-state index in [1.807, 2.05) is 6.07 Å². The fourth-order valence-corrected chi connectivity index (χ4v) is 3.30. The summed E-state index contributed by atoms with van der Waals surface area (Å²) >= 11 is 11.9. The van der Waals surface area contributed by atoms with E-state index in [0.717, 1.165) is 16.8 Å². The summed E-state index contributed by atoms with van der Waals surface area (Å²) in [5.41, 5.74) is 3.67. The van der Waals surface area contributed by atoms with Crippen LogP contribution in [0.1, 0.15) is 29.7 Å². The van der Waals surface area contributed by atoms with E-state index in [0.29, 0.717) is 18.4 Å². The van der Waals surface area contributed by atoms with Gasteiger partial charge in [0.2, 0.25) is 5.91 Å². The summed E-state index contributed by atoms with van der Waals surface area (Å²) in [6.45, 7) is 0. The number of halogens is 5. The largest absolute Gasteiger partial charge is 0.416 e. The van der Waals surface area contributed by atoms with Gasteiger partial charge in [0.05, 0.1) is 21.0 Å². The number of rotatable bonds is 3. The molecule has 25 heavy (non-hydrogen) atoms. The van der Waals surface area contributed by atoms with Crippen LogP contribution in [0.3, 0.4) is 0 Å². The topological polar surface area (TPSA) is 84.7 Å². The molecule has 1 aromatic carbocycles. The number of primary amides is 1. The Morgan fingerprint density at radius 2 is 1.88 bits per heavy atom. The predicted molar refractivity (Wildman–Crippen MR) is 83.4 cm³/mol. The number of benzene rings is 1. The number of nitrogens with two attached hydrogens (primary N) is 1. The van der Waals surface area contributed by atoms with Crippen LogP contribution in [0, 0.1) is 11.3 Å². The molecule has 0 radical (unpaired) electrons. The highest BCUT2D eigenvalue weighted by atomic mass is 35.5. The number of aromatic nitrogens is 2. The molecule has 1 amide bonds. The van der Waals surface area contributed by atoms with Gasteiger partial charge in [0, 0.05) is 11.8 Å². The number of amides is 1. The van der Waals surface area contributed by atoms with Crippen molar-refractivity contribution >= 4 is 29.1 Å². The minimum absolute atomic E-state index is 0.0145. The zero-order valence-electron chi connectivity index (χ0n) is 12.4. The molecule has 0 saturated heterocycles. The van der Waals surface area contributed by atoms with Crippen molar-refractivity contribution in [1.82, 2.24) is 9.78 Å². The first-order valence-electron chi connectivity index (χ1n) is 6.97. The van der Waals surface area contributed by atoms with E-state index in [-0.39, 0.29) is 21.4 Å². The van der Waals surface area contributed by atoms with Crippen molar-refractivity contribution in [3.63, 3.8) is 0 Å². The molecule has 2 N–H and O–H groups in total. The Bertz CT molecular complexity index is 903. The van der Waals surface area contributed by atoms with Crippen LogP contribution >= 0.6 is 23.2 Å². The third-order valence-electron chi connectivity index (χ3n) is 4.13. The highest BCUT2D eigenvalue weighted by Gasteiger charge is 2.52. The molecule has 1 aliphatic rings. The molecule has 2 aromatic rings. The lowest BCUT2D eigenvalue weighted by molar-refractivity contribution is -0.137. The van der Waals surface area contributed by atoms with Crippen LogP contribution in [-0.2, 0) is 16.4 Å². The van der Waals surface area contributed by atoms with Gasteiger partial charge in [0.1, 0.15) is 11.8 Å². The monoisotopic (exact) mass is 388 g/mol. The van der Waals surface area contributed by atoms with Crippen LogP contribution in [0.15, 0.2) is 18.3 Å². The maximum absolute atomic E-state index is 12.8. The molecule has 1 heterocycles. The Morgan fingerprint density at radius 3 is 2.28 bits per heavy atom. The van der Waals surface area contributed by atoms with E-state index in [2.05, 4.69) is 5.10 Å². The Balaban J connectivity index is 2.15. The second-order valence-corrected chi connectivity index (χ2v) is 6.49. The van der Waals surface area contributed by atoms with Gasteiger partial charge in [-0.2, -0.15) is 23.5 Å². The summed E-state index contributed by atoms with van der Waals surface area (Å²) in [7, 11) is 0. The number of alkyl halides is 3. The molecule has 1 fully saturated rings. The van der Waals surface area contributed by atoms with Gasteiger partial charge in [-0.3, -0.25) is 4.79 Å². The average Bonchev–Trinajstić information content (AvgIpc) is 3.21. The van der Waals surface area contributed by atoms with Crippen molar-refractivity contribution in [3.05, 3.63) is 45.2 Å². The molecule has 10 heteroatoms. The van der Waals surface area contributed by atoms with Crippen molar-refractivity contribution in [2.45, 2.75) is 24.4 Å². The molecule has 1 saturated carbocycles. The normalized spacial score (nSPS) is 15.7. The van der Waals surface area contributed by atoms with Gasteiger partial charge in [0.15, 0.2) is 5.69 Å². The molecule has 3 rings (SSSR count). The Morgan fingerprint density at radius 1 is 1.32 bits per heavy atom. The Labute approximate surface area is 149 Å². The van der Waals surface area contributed by atoms with Gasteiger partial charge in [-0.1, -0.05) is 23.2 Å². The Kier molecular flexibility index (Phi) is 3.97. The quantitative estimate of drug-likeness (QED) is 0.871. The highest BCUT2D eigenvalue weighted by molar-refractivity contribution is 6.37. The van der Waals surface area contributed by atoms with Crippen molar-refractivity contribution in [3.8, 4) is 11.8 Å². The van der Waals surface area contributed by atoms with E-state index in [9.17, 15) is 23.2 Å². The van der Waals surface area contributed by atoms with Crippen LogP contribution in [0.2, 0.25) is 10.0 Å². The van der Waals surface area contributed by atoms with Crippen molar-refractivity contribution in [2.24, 2.45) is 5.73 Å². The number of nitrogens with zero attached hydrogens (tertiary/aromatic N) is 3. The van der Waals surface area contributed by atoms with Crippen molar-refractivity contribution in [2.75, 3.05) is 0 Å². The van der Waals surface area contributed by atoms with Crippen molar-refractivity contribution in [1.29, 1.82) is 5.26 Å². The van der Waals surface area contributed by atoms with E-state index in [1.165, 1.54) is 6.20 Å². The molecule has 130 valence electrons. The van der Waals surface area contributed by atoms with Crippen LogP contribution < -0.4 is 5.73 Å². The highest BCUT2D eigenvalue weighted by Crippen LogP contribution is 2.49. The fraction of sp³-hybridized carbons (Fsp3) is 0.267. The summed E-state index contributed by atoms with van der Waals surface area (Å²) in [4.78, 5) is 11.7. The second-order valence-electron chi connectivity index (χ2n) is 5.68. The zero-order valence-corrected chi connectivity index (χ0v) is 13.9. The third-order valence-corrected chi connectivity index (χ3v) is 4.71. The standard InChI is InChI=1S/C15H9Cl2F3N4O/c16-9-3-7(15(18,19)20)4-10(17)12(9)24-6-8(11(5-21)23-24)14(1-2-14)13(22)25/h3-4,6H,1-2H2,(H2,22,25). The maximum Gasteiger partial charge on any atom is 0.416 e. The fourth-order valence-electron chi connectivity index (χ4n) is 2.64. The average molecular weight is 389 g/mol. The van der Waals surface area contributed by atoms with Gasteiger partial charge in [-0.15, -0.1) is 0 Å². The number of carbonyl (C=O) groups is 1. The first-order chi connectivity index (χ1) is 11.6. The lowest BCUT2D eigenvalue weighted by Crippen LogP contribution is -2.28. The van der Waals surface area contributed by atoms with Gasteiger partial charge < -0.3 is 5.73 Å². The molecule has 1 aliphatic carbocycles. The number of hydrogen-bond donors (Lipinski definition) is 1. The van der Waals surface area contributed by atoms with Crippen LogP contribution in [-0.4, -0.2) is 15.7 Å². The van der Waals surface area contributed by atoms with E-state index >= 15 is 0 Å². The first-order valence-corrected chi connectivity index (χ1v) is 7.72. The second kappa shape index (κ2) is 5.64. The summed E-state index contributed by atoms with van der Waals surface area (Å²) in [5, 5.41) is 12.7. The molecule has 0 unspecified atom stereocenters. The van der Waals surface area contributed by atoms with Crippen LogP contribution in [0.4, 0.5) is 13.2 Å². The van der Waals surface area contributed by atoms with Crippen LogP contribution in [0.5, 0.6) is 0 Å². The number of nitriles is 1. The predicted octanol–water partition coefficient (Wildman–Crippen LogP) is 3.59. The molecular formula is C15H9Cl2F3N4O. The van der Waals surface area contributed by atoms with Gasteiger partial charge in [-0.05, 0) is 25.0 Å². The number of carbonyl (C=O) groups excluding carboxylic acids is 1. The zero-order chi connectivity index (χ0) is 18.6. The van der Waals surface area contributed by atoms with Crippen molar-refractivity contribution < 1.29 is 18.0 Å². The molecule has 0 aliphatic heterocycles. The minimum Gasteiger partial charge on any atom is -0.369 e. The third kappa shape index (κ3) is 2.83. The Hall–Kier alpha value is -2.24. The summed E-state index contributed by atoms with van der Waals surface area (Å²) in [6.07, 6.45) is -2.31. The lowest BCUT2D eigenvalue weighted by atomic mass is 9.96. The van der Waals surface area contributed by atoms with E-state index < -0.39 is 23.1 Å². The van der Waals surface area contributed by atoms with Gasteiger partial charge in [0.25, 0.3) is 0 Å². The minimum atomic E-state index is -4.61. The molecule has 1 aromatic heterocycles. The van der Waals surface area contributed by atoms with E-state index in [4.69, 9.17) is 28.9 Å². The molecule has 0 bridgehead atoms. The first kappa shape index (κ1) is 17.6. The summed E-state index contributed by atoms with van der Waals surface area (Å²) in [6, 6.07) is 3.29. The summed E-state index contributed by atoms with van der Waals surface area (Å²) in [5.74, 6) is -0.590. The van der Waals surface area contributed by atoms with Gasteiger partial charge in [-0.25, -0.2) is 4.68 Å². The summed E-state index contributed by atoms with van der Waals surface area (Å²) < 4.78 is 39.6. The SMILES string of the molecule is N#Cc1nn(-c2c(Cl)cc(C(F)(F)F)cc2Cl)cc1C1(C(N)=O)CC1. The smallest absolute Gasteiger partial charge is 0.369 e. The number of hydrogen-bond acceptors (Lipinski definition) is 3. The molecule has 0 spiro atoms. The molecule has 0 atom stereocenters.